The van der Waals surface area contributed by atoms with E-state index in [0.717, 1.165) is 48.7 Å². The maximum Gasteiger partial charge on any atom is 0.251 e. The number of aryl methyl sites for hydroxylation is 2. The topological polar surface area (TPSA) is 41.1 Å². The van der Waals surface area contributed by atoms with Crippen molar-refractivity contribution in [2.75, 3.05) is 19.6 Å². The third kappa shape index (κ3) is 4.22. The molecular formula is C15H23ClN2O. The predicted octanol–water partition coefficient (Wildman–Crippen LogP) is 2.45. The molecule has 0 spiro atoms. The molecule has 1 unspecified atom stereocenters. The van der Waals surface area contributed by atoms with Crippen molar-refractivity contribution < 1.29 is 4.79 Å². The van der Waals surface area contributed by atoms with Crippen LogP contribution in [0.25, 0.3) is 0 Å². The molecule has 0 bridgehead atoms. The van der Waals surface area contributed by atoms with Gasteiger partial charge in [0, 0.05) is 12.1 Å². The fourth-order valence-corrected chi connectivity index (χ4v) is 2.61. The van der Waals surface area contributed by atoms with Crippen molar-refractivity contribution >= 4 is 18.3 Å². The molecule has 4 heteroatoms. The fourth-order valence-electron chi connectivity index (χ4n) is 2.61. The lowest BCUT2D eigenvalue weighted by atomic mass is 10.0. The second-order valence-corrected chi connectivity index (χ2v) is 5.17. The third-order valence-electron chi connectivity index (χ3n) is 3.71. The zero-order valence-electron chi connectivity index (χ0n) is 11.7. The van der Waals surface area contributed by atoms with E-state index >= 15 is 0 Å². The van der Waals surface area contributed by atoms with Crippen LogP contribution in [0.15, 0.2) is 18.2 Å². The molecule has 0 radical (unpaired) electrons. The van der Waals surface area contributed by atoms with E-state index in [4.69, 9.17) is 0 Å². The zero-order chi connectivity index (χ0) is 13.0. The Morgan fingerprint density at radius 1 is 1.37 bits per heavy atom. The summed E-state index contributed by atoms with van der Waals surface area (Å²) in [5, 5.41) is 6.39. The molecule has 1 fully saturated rings. The first-order valence-corrected chi connectivity index (χ1v) is 6.73. The van der Waals surface area contributed by atoms with Crippen molar-refractivity contribution in [3.8, 4) is 0 Å². The molecule has 0 aliphatic carbocycles. The maximum atomic E-state index is 12.1. The van der Waals surface area contributed by atoms with Crippen molar-refractivity contribution in [1.29, 1.82) is 0 Å². The lowest BCUT2D eigenvalue weighted by Crippen LogP contribution is -2.27. The minimum absolute atomic E-state index is 0. The second-order valence-electron chi connectivity index (χ2n) is 5.17. The van der Waals surface area contributed by atoms with E-state index in [-0.39, 0.29) is 18.3 Å². The Balaban J connectivity index is 0.00000180. The summed E-state index contributed by atoms with van der Waals surface area (Å²) in [6.45, 7) is 6.97. The Morgan fingerprint density at radius 2 is 2.05 bits per heavy atom. The van der Waals surface area contributed by atoms with E-state index in [0.29, 0.717) is 0 Å². The molecule has 1 amide bonds. The predicted molar refractivity (Wildman–Crippen MR) is 81.1 cm³/mol. The highest BCUT2D eigenvalue weighted by Crippen LogP contribution is 2.14. The Morgan fingerprint density at radius 3 is 2.63 bits per heavy atom. The van der Waals surface area contributed by atoms with Crippen LogP contribution >= 0.6 is 12.4 Å². The average Bonchev–Trinajstić information content (AvgIpc) is 2.82. The highest BCUT2D eigenvalue weighted by Gasteiger charge is 2.15. The molecule has 2 rings (SSSR count). The Labute approximate surface area is 121 Å². The summed E-state index contributed by atoms with van der Waals surface area (Å²) < 4.78 is 0. The summed E-state index contributed by atoms with van der Waals surface area (Å²) in [6.07, 6.45) is 2.31. The molecule has 1 heterocycles. The lowest BCUT2D eigenvalue weighted by molar-refractivity contribution is 0.0950. The van der Waals surface area contributed by atoms with Crippen LogP contribution < -0.4 is 10.6 Å². The highest BCUT2D eigenvalue weighted by molar-refractivity contribution is 5.97. The molecule has 2 N–H and O–H groups in total. The van der Waals surface area contributed by atoms with Crippen LogP contribution in [0.1, 0.15) is 34.3 Å². The number of benzene rings is 1. The lowest BCUT2D eigenvalue weighted by Gasteiger charge is -2.12. The molecular weight excluding hydrogens is 260 g/mol. The number of carbonyl (C=O) groups is 1. The van der Waals surface area contributed by atoms with Gasteiger partial charge in [0.05, 0.1) is 0 Å². The number of amides is 1. The van der Waals surface area contributed by atoms with Gasteiger partial charge in [-0.1, -0.05) is 18.2 Å². The van der Waals surface area contributed by atoms with E-state index in [9.17, 15) is 4.79 Å². The van der Waals surface area contributed by atoms with E-state index in [1.807, 2.05) is 32.0 Å². The number of nitrogens with one attached hydrogen (secondary N) is 2. The number of halogens is 1. The largest absolute Gasteiger partial charge is 0.352 e. The first-order valence-electron chi connectivity index (χ1n) is 6.73. The van der Waals surface area contributed by atoms with Crippen LogP contribution in [0.2, 0.25) is 0 Å². The molecule has 1 atom stereocenters. The molecule has 1 aromatic rings. The smallest absolute Gasteiger partial charge is 0.251 e. The van der Waals surface area contributed by atoms with Crippen LogP contribution in [-0.4, -0.2) is 25.5 Å². The molecule has 1 saturated heterocycles. The molecule has 1 aromatic carbocycles. The highest BCUT2D eigenvalue weighted by atomic mass is 35.5. The van der Waals surface area contributed by atoms with Gasteiger partial charge in [-0.25, -0.2) is 0 Å². The third-order valence-corrected chi connectivity index (χ3v) is 3.71. The SMILES string of the molecule is Cc1cccc(C)c1C(=O)NCCC1CCNC1.Cl. The summed E-state index contributed by atoms with van der Waals surface area (Å²) in [7, 11) is 0. The Kier molecular flexibility index (Phi) is 6.32. The van der Waals surface area contributed by atoms with Gasteiger partial charge in [-0.3, -0.25) is 4.79 Å². The summed E-state index contributed by atoms with van der Waals surface area (Å²) in [4.78, 5) is 12.1. The van der Waals surface area contributed by atoms with Crippen LogP contribution in [0.3, 0.4) is 0 Å². The molecule has 1 aliphatic rings. The number of rotatable bonds is 4. The van der Waals surface area contributed by atoms with Gasteiger partial charge >= 0.3 is 0 Å². The van der Waals surface area contributed by atoms with E-state index in [2.05, 4.69) is 10.6 Å². The van der Waals surface area contributed by atoms with Crippen molar-refractivity contribution in [2.24, 2.45) is 5.92 Å². The Bertz CT molecular complexity index is 408. The van der Waals surface area contributed by atoms with E-state index in [1.54, 1.807) is 0 Å². The summed E-state index contributed by atoms with van der Waals surface area (Å²) >= 11 is 0. The van der Waals surface area contributed by atoms with Crippen LogP contribution in [-0.2, 0) is 0 Å². The standard InChI is InChI=1S/C15H22N2O.ClH/c1-11-4-3-5-12(2)14(11)15(18)17-9-7-13-6-8-16-10-13;/h3-5,13,16H,6-10H2,1-2H3,(H,17,18);1H. The van der Waals surface area contributed by atoms with Crippen LogP contribution in [0, 0.1) is 19.8 Å². The van der Waals surface area contributed by atoms with Crippen molar-refractivity contribution in [2.45, 2.75) is 26.7 Å². The molecule has 106 valence electrons. The van der Waals surface area contributed by atoms with Crippen molar-refractivity contribution in [3.05, 3.63) is 34.9 Å². The van der Waals surface area contributed by atoms with Crippen molar-refractivity contribution in [1.82, 2.24) is 10.6 Å². The number of hydrogen-bond acceptors (Lipinski definition) is 2. The van der Waals surface area contributed by atoms with Crippen molar-refractivity contribution in [3.63, 3.8) is 0 Å². The molecule has 1 aliphatic heterocycles. The van der Waals surface area contributed by atoms with Crippen LogP contribution in [0.5, 0.6) is 0 Å². The van der Waals surface area contributed by atoms with Gasteiger partial charge < -0.3 is 10.6 Å². The van der Waals surface area contributed by atoms with Gasteiger partial charge in [0.2, 0.25) is 0 Å². The maximum absolute atomic E-state index is 12.1. The molecule has 0 aromatic heterocycles. The Hall–Kier alpha value is -1.06. The summed E-state index contributed by atoms with van der Waals surface area (Å²) in [5.41, 5.74) is 2.94. The monoisotopic (exact) mass is 282 g/mol. The number of hydrogen-bond donors (Lipinski definition) is 2. The normalized spacial score (nSPS) is 17.9. The van der Waals surface area contributed by atoms with Gasteiger partial charge in [-0.15, -0.1) is 12.4 Å². The molecule has 0 saturated carbocycles. The van der Waals surface area contributed by atoms with Gasteiger partial charge in [0.15, 0.2) is 0 Å². The van der Waals surface area contributed by atoms with E-state index in [1.165, 1.54) is 6.42 Å². The minimum Gasteiger partial charge on any atom is -0.352 e. The first kappa shape index (κ1) is 16.0. The summed E-state index contributed by atoms with van der Waals surface area (Å²) in [5.74, 6) is 0.792. The fraction of sp³-hybridized carbons (Fsp3) is 0.533. The second kappa shape index (κ2) is 7.51. The molecule has 3 nitrogen and oxygen atoms in total. The first-order chi connectivity index (χ1) is 8.68. The van der Waals surface area contributed by atoms with Gasteiger partial charge in [-0.2, -0.15) is 0 Å². The number of carbonyl (C=O) groups excluding carboxylic acids is 1. The van der Waals surface area contributed by atoms with Gasteiger partial charge in [-0.05, 0) is 56.8 Å². The van der Waals surface area contributed by atoms with Gasteiger partial charge in [0.1, 0.15) is 0 Å². The van der Waals surface area contributed by atoms with Crippen LogP contribution in [0.4, 0.5) is 0 Å². The van der Waals surface area contributed by atoms with E-state index < -0.39 is 0 Å². The minimum atomic E-state index is 0. The molecule has 19 heavy (non-hydrogen) atoms. The van der Waals surface area contributed by atoms with Gasteiger partial charge in [0.25, 0.3) is 5.91 Å². The quantitative estimate of drug-likeness (QED) is 0.891. The zero-order valence-corrected chi connectivity index (χ0v) is 12.5. The summed E-state index contributed by atoms with van der Waals surface area (Å²) in [6, 6.07) is 5.97. The average molecular weight is 283 g/mol.